The Hall–Kier alpha value is -3.26. The standard InChI is InChI=1S/C28H29F2N3O3/c1-18(24-4-2-3-9-31-24)10-21(34)13-28(16-33(17-28)15-19-5-6-19)14-26(35)25-12-27(36-32-25)22-8-7-20(29)11-23(22)30/h2-4,7-9,11-12,18-19H,5-6,10,13-17H2,1H3/t18-/m1/s1. The quantitative estimate of drug-likeness (QED) is 0.331. The van der Waals surface area contributed by atoms with Gasteiger partial charge in [0.05, 0.1) is 5.56 Å². The molecule has 8 heteroatoms. The van der Waals surface area contributed by atoms with Crippen molar-refractivity contribution >= 4 is 11.6 Å². The van der Waals surface area contributed by atoms with Gasteiger partial charge in [0.1, 0.15) is 23.1 Å². The van der Waals surface area contributed by atoms with Crippen LogP contribution in [0.3, 0.4) is 0 Å². The molecule has 1 aliphatic carbocycles. The smallest absolute Gasteiger partial charge is 0.185 e. The second-order valence-electron chi connectivity index (χ2n) is 10.5. The number of halogens is 2. The molecule has 1 saturated heterocycles. The summed E-state index contributed by atoms with van der Waals surface area (Å²) in [6, 6.07) is 10.2. The number of aromatic nitrogens is 2. The molecule has 3 heterocycles. The summed E-state index contributed by atoms with van der Waals surface area (Å²) in [5, 5.41) is 3.85. The summed E-state index contributed by atoms with van der Waals surface area (Å²) < 4.78 is 32.6. The van der Waals surface area contributed by atoms with Crippen molar-refractivity contribution in [3.8, 4) is 11.3 Å². The fraction of sp³-hybridized carbons (Fsp3) is 0.429. The molecule has 1 saturated carbocycles. The van der Waals surface area contributed by atoms with Crippen molar-refractivity contribution < 1.29 is 22.9 Å². The van der Waals surface area contributed by atoms with E-state index >= 15 is 0 Å². The molecule has 36 heavy (non-hydrogen) atoms. The average Bonchev–Trinajstić information content (AvgIpc) is 3.50. The molecule has 188 valence electrons. The van der Waals surface area contributed by atoms with Crippen LogP contribution in [-0.4, -0.2) is 46.2 Å². The predicted octanol–water partition coefficient (Wildman–Crippen LogP) is 5.45. The lowest BCUT2D eigenvalue weighted by Gasteiger charge is -2.50. The molecule has 0 N–H and O–H groups in total. The molecule has 0 radical (unpaired) electrons. The maximum atomic E-state index is 14.1. The number of nitrogens with zero attached hydrogens (tertiary/aromatic N) is 3. The summed E-state index contributed by atoms with van der Waals surface area (Å²) >= 11 is 0. The zero-order valence-corrected chi connectivity index (χ0v) is 20.3. The van der Waals surface area contributed by atoms with Crippen LogP contribution in [0.4, 0.5) is 8.78 Å². The molecule has 5 rings (SSSR count). The highest BCUT2D eigenvalue weighted by molar-refractivity contribution is 5.96. The topological polar surface area (TPSA) is 76.3 Å². The summed E-state index contributed by atoms with van der Waals surface area (Å²) in [6.07, 6.45) is 5.05. The van der Waals surface area contributed by atoms with E-state index in [9.17, 15) is 18.4 Å². The van der Waals surface area contributed by atoms with Gasteiger partial charge in [-0.1, -0.05) is 18.1 Å². The minimum atomic E-state index is -0.788. The van der Waals surface area contributed by atoms with Crippen LogP contribution in [0.25, 0.3) is 11.3 Å². The van der Waals surface area contributed by atoms with E-state index in [0.717, 1.165) is 30.3 Å². The fourth-order valence-corrected chi connectivity index (χ4v) is 5.24. The van der Waals surface area contributed by atoms with Crippen LogP contribution in [0, 0.1) is 23.0 Å². The number of likely N-dealkylation sites (tertiary alicyclic amines) is 1. The van der Waals surface area contributed by atoms with E-state index in [0.29, 0.717) is 25.9 Å². The highest BCUT2D eigenvalue weighted by Gasteiger charge is 2.47. The molecular formula is C28H29F2N3O3. The fourth-order valence-electron chi connectivity index (χ4n) is 5.24. The van der Waals surface area contributed by atoms with Crippen LogP contribution in [0.15, 0.2) is 53.2 Å². The van der Waals surface area contributed by atoms with Crippen molar-refractivity contribution in [1.82, 2.24) is 15.0 Å². The summed E-state index contributed by atoms with van der Waals surface area (Å²) in [5.41, 5.74) is 0.550. The average molecular weight is 494 g/mol. The van der Waals surface area contributed by atoms with Crippen LogP contribution >= 0.6 is 0 Å². The summed E-state index contributed by atoms with van der Waals surface area (Å²) in [5.74, 6) is -0.833. The Morgan fingerprint density at radius 1 is 1.14 bits per heavy atom. The number of rotatable bonds is 11. The van der Waals surface area contributed by atoms with Crippen molar-refractivity contribution in [3.63, 3.8) is 0 Å². The number of carbonyl (C=O) groups excluding carboxylic acids is 2. The molecule has 0 spiro atoms. The zero-order valence-electron chi connectivity index (χ0n) is 20.3. The number of hydrogen-bond acceptors (Lipinski definition) is 6. The van der Waals surface area contributed by atoms with Gasteiger partial charge >= 0.3 is 0 Å². The minimum absolute atomic E-state index is 0.00204. The molecular weight excluding hydrogens is 464 g/mol. The Balaban J connectivity index is 1.27. The number of pyridine rings is 1. The van der Waals surface area contributed by atoms with Gasteiger partial charge in [0.25, 0.3) is 0 Å². The highest BCUT2D eigenvalue weighted by Crippen LogP contribution is 2.42. The summed E-state index contributed by atoms with van der Waals surface area (Å²) in [4.78, 5) is 33.0. The molecule has 3 aromatic rings. The van der Waals surface area contributed by atoms with E-state index < -0.39 is 17.0 Å². The largest absolute Gasteiger partial charge is 0.355 e. The molecule has 0 amide bonds. The number of ketones is 2. The van der Waals surface area contributed by atoms with Gasteiger partial charge in [0.15, 0.2) is 11.5 Å². The van der Waals surface area contributed by atoms with Gasteiger partial charge in [0, 0.05) is 74.3 Å². The van der Waals surface area contributed by atoms with Crippen LogP contribution in [0.1, 0.15) is 61.1 Å². The van der Waals surface area contributed by atoms with Gasteiger partial charge in [-0.25, -0.2) is 8.78 Å². The first-order chi connectivity index (χ1) is 17.3. The molecule has 0 unspecified atom stereocenters. The van der Waals surface area contributed by atoms with Crippen LogP contribution in [0.5, 0.6) is 0 Å². The van der Waals surface area contributed by atoms with Gasteiger partial charge in [-0.15, -0.1) is 0 Å². The third-order valence-corrected chi connectivity index (χ3v) is 7.16. The van der Waals surface area contributed by atoms with Crippen molar-refractivity contribution in [3.05, 3.63) is 71.7 Å². The van der Waals surface area contributed by atoms with Crippen molar-refractivity contribution in [2.75, 3.05) is 19.6 Å². The molecule has 2 aromatic heterocycles. The van der Waals surface area contributed by atoms with E-state index in [-0.39, 0.29) is 40.9 Å². The van der Waals surface area contributed by atoms with Crippen LogP contribution in [0.2, 0.25) is 0 Å². The lowest BCUT2D eigenvalue weighted by atomic mass is 9.70. The molecule has 1 aromatic carbocycles. The Kier molecular flexibility index (Phi) is 6.79. The Labute approximate surface area is 208 Å². The molecule has 6 nitrogen and oxygen atoms in total. The number of Topliss-reactive ketones (excluding diaryl/α,β-unsaturated/α-hetero) is 2. The van der Waals surface area contributed by atoms with Gasteiger partial charge < -0.3 is 9.42 Å². The molecule has 2 fully saturated rings. The lowest BCUT2D eigenvalue weighted by molar-refractivity contribution is -0.125. The van der Waals surface area contributed by atoms with Crippen molar-refractivity contribution in [2.45, 2.75) is 44.9 Å². The molecule has 1 atom stereocenters. The monoisotopic (exact) mass is 493 g/mol. The second kappa shape index (κ2) is 10.0. The van der Waals surface area contributed by atoms with E-state index in [2.05, 4.69) is 15.0 Å². The van der Waals surface area contributed by atoms with Gasteiger partial charge in [0.2, 0.25) is 0 Å². The van der Waals surface area contributed by atoms with Gasteiger partial charge in [-0.3, -0.25) is 14.6 Å². The molecule has 1 aliphatic heterocycles. The number of benzene rings is 1. The second-order valence-corrected chi connectivity index (χ2v) is 10.5. The zero-order chi connectivity index (χ0) is 25.3. The Morgan fingerprint density at radius 3 is 2.64 bits per heavy atom. The van der Waals surface area contributed by atoms with Gasteiger partial charge in [-0.05, 0) is 43.0 Å². The third-order valence-electron chi connectivity index (χ3n) is 7.16. The first-order valence-corrected chi connectivity index (χ1v) is 12.4. The predicted molar refractivity (Wildman–Crippen MR) is 129 cm³/mol. The Bertz CT molecular complexity index is 1250. The van der Waals surface area contributed by atoms with Gasteiger partial charge in [-0.2, -0.15) is 0 Å². The first-order valence-electron chi connectivity index (χ1n) is 12.4. The van der Waals surface area contributed by atoms with Crippen LogP contribution in [-0.2, 0) is 4.79 Å². The number of carbonyl (C=O) groups is 2. The third kappa shape index (κ3) is 5.59. The maximum Gasteiger partial charge on any atom is 0.185 e. The Morgan fingerprint density at radius 2 is 1.94 bits per heavy atom. The van der Waals surface area contributed by atoms with E-state index in [1.807, 2.05) is 25.1 Å². The minimum Gasteiger partial charge on any atom is -0.355 e. The summed E-state index contributed by atoms with van der Waals surface area (Å²) in [6.45, 7) is 4.38. The lowest BCUT2D eigenvalue weighted by Crippen LogP contribution is -2.58. The van der Waals surface area contributed by atoms with E-state index in [1.165, 1.54) is 25.0 Å². The summed E-state index contributed by atoms with van der Waals surface area (Å²) in [7, 11) is 0. The van der Waals surface area contributed by atoms with Crippen molar-refractivity contribution in [2.24, 2.45) is 11.3 Å². The van der Waals surface area contributed by atoms with E-state index in [4.69, 9.17) is 4.52 Å². The van der Waals surface area contributed by atoms with E-state index in [1.54, 1.807) is 6.20 Å². The first kappa shape index (κ1) is 24.4. The van der Waals surface area contributed by atoms with Crippen LogP contribution < -0.4 is 0 Å². The maximum absolute atomic E-state index is 14.1. The SMILES string of the molecule is C[C@H](CC(=O)CC1(CC(=O)c2cc(-c3ccc(F)cc3F)on2)CN(CC2CC2)C1)c1ccccn1. The molecule has 2 aliphatic rings. The molecule has 0 bridgehead atoms. The normalized spacial score (nSPS) is 18.0. The highest BCUT2D eigenvalue weighted by atomic mass is 19.1. The number of hydrogen-bond donors (Lipinski definition) is 0. The van der Waals surface area contributed by atoms with Crippen molar-refractivity contribution in [1.29, 1.82) is 0 Å².